The molecule has 1 aliphatic heterocycles. The summed E-state index contributed by atoms with van der Waals surface area (Å²) in [6.07, 6.45) is 1.52. The molecule has 1 N–H and O–H groups in total. The molecule has 0 spiro atoms. The lowest BCUT2D eigenvalue weighted by Crippen LogP contribution is -2.42. The van der Waals surface area contributed by atoms with E-state index in [4.69, 9.17) is 0 Å². The molecule has 0 unspecified atom stereocenters. The number of likely N-dealkylation sites (tertiary alicyclic amines) is 1. The average Bonchev–Trinajstić information content (AvgIpc) is 2.18. The molecule has 0 amide bonds. The van der Waals surface area contributed by atoms with Crippen LogP contribution < -0.4 is 4.72 Å². The van der Waals surface area contributed by atoms with Gasteiger partial charge < -0.3 is 4.90 Å². The van der Waals surface area contributed by atoms with Crippen LogP contribution in [0.2, 0.25) is 0 Å². The van der Waals surface area contributed by atoms with Gasteiger partial charge in [-0.05, 0) is 39.5 Å². The van der Waals surface area contributed by atoms with Crippen LogP contribution in [0.25, 0.3) is 0 Å². The lowest BCUT2D eigenvalue weighted by Gasteiger charge is -2.30. The summed E-state index contributed by atoms with van der Waals surface area (Å²) >= 11 is 0. The van der Waals surface area contributed by atoms with E-state index in [1.165, 1.54) is 7.05 Å². The van der Waals surface area contributed by atoms with Gasteiger partial charge in [-0.25, -0.2) is 13.1 Å². The van der Waals surface area contributed by atoms with Crippen molar-refractivity contribution in [1.29, 1.82) is 0 Å². The largest absolute Gasteiger partial charge is 0.304 e. The first-order valence-corrected chi connectivity index (χ1v) is 6.29. The average molecular weight is 206 g/mol. The number of piperidine rings is 1. The number of rotatable bonds is 3. The predicted octanol–water partition coefficient (Wildman–Crippen LogP) is 0.0199. The Morgan fingerprint density at radius 2 is 1.92 bits per heavy atom. The molecule has 0 aromatic rings. The number of nitrogens with zero attached hydrogens (tertiary/aromatic N) is 1. The quantitative estimate of drug-likeness (QED) is 0.708. The number of hydrogen-bond acceptors (Lipinski definition) is 3. The molecule has 0 aromatic heterocycles. The summed E-state index contributed by atoms with van der Waals surface area (Å²) in [4.78, 5) is 2.28. The second-order valence-corrected chi connectivity index (χ2v) is 5.55. The Bertz CT molecular complexity index is 243. The van der Waals surface area contributed by atoms with Gasteiger partial charge in [-0.3, -0.25) is 0 Å². The predicted molar refractivity (Wildman–Crippen MR) is 53.1 cm³/mol. The number of nitrogens with one attached hydrogen (secondary N) is 1. The van der Waals surface area contributed by atoms with Crippen molar-refractivity contribution < 1.29 is 8.42 Å². The maximum atomic E-state index is 11.4. The number of hydrogen-bond donors (Lipinski definition) is 1. The molecular weight excluding hydrogens is 188 g/mol. The van der Waals surface area contributed by atoms with E-state index in [0.717, 1.165) is 32.5 Å². The zero-order valence-electron chi connectivity index (χ0n) is 8.28. The molecule has 1 saturated heterocycles. The molecule has 13 heavy (non-hydrogen) atoms. The minimum atomic E-state index is -3.03. The zero-order valence-corrected chi connectivity index (χ0v) is 9.10. The van der Waals surface area contributed by atoms with Crippen molar-refractivity contribution in [2.24, 2.45) is 0 Å². The molecule has 0 saturated carbocycles. The lowest BCUT2D eigenvalue weighted by molar-refractivity contribution is 0.241. The van der Waals surface area contributed by atoms with Gasteiger partial charge in [-0.2, -0.15) is 0 Å². The van der Waals surface area contributed by atoms with Crippen LogP contribution in [0.3, 0.4) is 0 Å². The first kappa shape index (κ1) is 10.9. The standard InChI is InChI=1S/C8H18N2O2S/c1-3-10-6-4-8(5-7-10)13(11,12)9-2/h8-9H,3-7H2,1-2H3. The highest BCUT2D eigenvalue weighted by molar-refractivity contribution is 7.90. The third-order valence-electron chi connectivity index (χ3n) is 2.71. The zero-order chi connectivity index (χ0) is 9.90. The first-order valence-electron chi connectivity index (χ1n) is 4.75. The Morgan fingerprint density at radius 3 is 2.31 bits per heavy atom. The highest BCUT2D eigenvalue weighted by Crippen LogP contribution is 2.16. The van der Waals surface area contributed by atoms with Crippen LogP contribution >= 0.6 is 0 Å². The van der Waals surface area contributed by atoms with Gasteiger partial charge in [-0.1, -0.05) is 6.92 Å². The molecule has 1 aliphatic rings. The SMILES string of the molecule is CCN1CCC(S(=O)(=O)NC)CC1. The lowest BCUT2D eigenvalue weighted by atomic mass is 10.1. The van der Waals surface area contributed by atoms with Crippen molar-refractivity contribution in [2.75, 3.05) is 26.7 Å². The molecular formula is C8H18N2O2S. The Kier molecular flexibility index (Phi) is 3.70. The van der Waals surface area contributed by atoms with Gasteiger partial charge in [0.25, 0.3) is 0 Å². The van der Waals surface area contributed by atoms with Crippen molar-refractivity contribution in [2.45, 2.75) is 25.0 Å². The van der Waals surface area contributed by atoms with Crippen molar-refractivity contribution in [1.82, 2.24) is 9.62 Å². The molecule has 0 radical (unpaired) electrons. The van der Waals surface area contributed by atoms with Crippen molar-refractivity contribution in [3.63, 3.8) is 0 Å². The minimum absolute atomic E-state index is 0.180. The molecule has 0 bridgehead atoms. The van der Waals surface area contributed by atoms with E-state index in [9.17, 15) is 8.42 Å². The van der Waals surface area contributed by atoms with Crippen LogP contribution in [-0.2, 0) is 10.0 Å². The normalized spacial score (nSPS) is 22.0. The molecule has 1 heterocycles. The van der Waals surface area contributed by atoms with Crippen molar-refractivity contribution in [3.8, 4) is 0 Å². The Morgan fingerprint density at radius 1 is 1.38 bits per heavy atom. The highest BCUT2D eigenvalue weighted by Gasteiger charge is 2.27. The second-order valence-electron chi connectivity index (χ2n) is 3.38. The van der Waals surface area contributed by atoms with Gasteiger partial charge in [0.15, 0.2) is 0 Å². The van der Waals surface area contributed by atoms with Crippen molar-refractivity contribution in [3.05, 3.63) is 0 Å². The smallest absolute Gasteiger partial charge is 0.214 e. The van der Waals surface area contributed by atoms with E-state index in [0.29, 0.717) is 0 Å². The van der Waals surface area contributed by atoms with Gasteiger partial charge in [-0.15, -0.1) is 0 Å². The fourth-order valence-corrected chi connectivity index (χ4v) is 2.87. The molecule has 0 atom stereocenters. The maximum absolute atomic E-state index is 11.4. The van der Waals surface area contributed by atoms with Crippen molar-refractivity contribution >= 4 is 10.0 Å². The molecule has 0 aromatic carbocycles. The fourth-order valence-electron chi connectivity index (χ4n) is 1.70. The Balaban J connectivity index is 2.50. The molecule has 0 aliphatic carbocycles. The first-order chi connectivity index (χ1) is 6.10. The summed E-state index contributed by atoms with van der Waals surface area (Å²) in [5, 5.41) is -0.180. The van der Waals surface area contributed by atoms with Crippen LogP contribution in [0, 0.1) is 0 Å². The summed E-state index contributed by atoms with van der Waals surface area (Å²) in [5.41, 5.74) is 0. The highest BCUT2D eigenvalue weighted by atomic mass is 32.2. The van der Waals surface area contributed by atoms with Crippen LogP contribution in [0.1, 0.15) is 19.8 Å². The van der Waals surface area contributed by atoms with E-state index in [2.05, 4.69) is 16.5 Å². The van der Waals surface area contributed by atoms with E-state index < -0.39 is 10.0 Å². The van der Waals surface area contributed by atoms with Crippen LogP contribution in [0.15, 0.2) is 0 Å². The van der Waals surface area contributed by atoms with Crippen LogP contribution in [-0.4, -0.2) is 45.2 Å². The summed E-state index contributed by atoms with van der Waals surface area (Å²) in [5.74, 6) is 0. The van der Waals surface area contributed by atoms with Gasteiger partial charge in [0.05, 0.1) is 5.25 Å². The number of sulfonamides is 1. The summed E-state index contributed by atoms with van der Waals surface area (Å²) in [6, 6.07) is 0. The maximum Gasteiger partial charge on any atom is 0.214 e. The van der Waals surface area contributed by atoms with Gasteiger partial charge in [0.2, 0.25) is 10.0 Å². The van der Waals surface area contributed by atoms with Gasteiger partial charge >= 0.3 is 0 Å². The third kappa shape index (κ3) is 2.65. The third-order valence-corrected chi connectivity index (χ3v) is 4.62. The fraction of sp³-hybridized carbons (Fsp3) is 1.00. The molecule has 1 fully saturated rings. The van der Waals surface area contributed by atoms with Crippen LogP contribution in [0.4, 0.5) is 0 Å². The monoisotopic (exact) mass is 206 g/mol. The van der Waals surface area contributed by atoms with Crippen LogP contribution in [0.5, 0.6) is 0 Å². The topological polar surface area (TPSA) is 49.4 Å². The summed E-state index contributed by atoms with van der Waals surface area (Å²) in [6.45, 7) is 4.93. The molecule has 5 heteroatoms. The minimum Gasteiger partial charge on any atom is -0.304 e. The Hall–Kier alpha value is -0.130. The summed E-state index contributed by atoms with van der Waals surface area (Å²) < 4.78 is 25.2. The van der Waals surface area contributed by atoms with E-state index >= 15 is 0 Å². The van der Waals surface area contributed by atoms with Gasteiger partial charge in [0, 0.05) is 0 Å². The second kappa shape index (κ2) is 4.39. The molecule has 78 valence electrons. The van der Waals surface area contributed by atoms with E-state index in [1.807, 2.05) is 0 Å². The summed E-state index contributed by atoms with van der Waals surface area (Å²) in [7, 11) is -1.54. The molecule has 1 rings (SSSR count). The molecule has 4 nitrogen and oxygen atoms in total. The van der Waals surface area contributed by atoms with Gasteiger partial charge in [0.1, 0.15) is 0 Å². The Labute approximate surface area is 80.4 Å². The van der Waals surface area contributed by atoms with E-state index in [-0.39, 0.29) is 5.25 Å². The van der Waals surface area contributed by atoms with E-state index in [1.54, 1.807) is 0 Å².